The quantitative estimate of drug-likeness (QED) is 0.772. The van der Waals surface area contributed by atoms with E-state index in [1.165, 1.54) is 5.56 Å². The molecule has 1 aliphatic rings. The van der Waals surface area contributed by atoms with Gasteiger partial charge in [0.2, 0.25) is 0 Å². The lowest BCUT2D eigenvalue weighted by Crippen LogP contribution is -2.32. The summed E-state index contributed by atoms with van der Waals surface area (Å²) in [7, 11) is 1.65. The fourth-order valence-corrected chi connectivity index (χ4v) is 3.29. The number of hydrogen-bond donors (Lipinski definition) is 0. The highest BCUT2D eigenvalue weighted by Crippen LogP contribution is 2.30. The molecule has 1 fully saturated rings. The summed E-state index contributed by atoms with van der Waals surface area (Å²) in [6.07, 6.45) is 0.940. The third-order valence-corrected chi connectivity index (χ3v) is 4.92. The Morgan fingerprint density at radius 3 is 2.68 bits per heavy atom. The highest BCUT2D eigenvalue weighted by Gasteiger charge is 2.27. The van der Waals surface area contributed by atoms with Gasteiger partial charge in [0, 0.05) is 30.1 Å². The molecule has 4 nitrogen and oxygen atoms in total. The fourth-order valence-electron chi connectivity index (χ4n) is 2.95. The third-order valence-electron chi connectivity index (χ3n) is 4.37. The van der Waals surface area contributed by atoms with Crippen molar-refractivity contribution in [1.29, 1.82) is 0 Å². The summed E-state index contributed by atoms with van der Waals surface area (Å²) in [5, 5.41) is 0.960. The fraction of sp³-hybridized carbons (Fsp3) is 0.316. The molecule has 0 aliphatic carbocycles. The van der Waals surface area contributed by atoms with Gasteiger partial charge in [0.25, 0.3) is 5.91 Å². The molecule has 2 aromatic carbocycles. The topological polar surface area (TPSA) is 38.8 Å². The molecular formula is C19H19Cl2NO3. The second-order valence-electron chi connectivity index (χ2n) is 5.96. The van der Waals surface area contributed by atoms with E-state index in [2.05, 4.69) is 12.1 Å². The van der Waals surface area contributed by atoms with Gasteiger partial charge in [0.15, 0.2) is 6.61 Å². The number of rotatable bonds is 5. The van der Waals surface area contributed by atoms with Crippen LogP contribution in [0.25, 0.3) is 0 Å². The second-order valence-corrected chi connectivity index (χ2v) is 6.81. The first-order chi connectivity index (χ1) is 12.1. The molecule has 0 aromatic heterocycles. The van der Waals surface area contributed by atoms with Gasteiger partial charge in [0.1, 0.15) is 11.5 Å². The minimum Gasteiger partial charge on any atom is -0.497 e. The average Bonchev–Trinajstić information content (AvgIpc) is 3.12. The summed E-state index contributed by atoms with van der Waals surface area (Å²) >= 11 is 12.0. The standard InChI is InChI=1S/C19H19Cl2NO3/c1-24-16-5-2-13(3-6-16)14-8-9-22(11-14)19(23)12-25-18-10-15(20)4-7-17(18)21/h2-7,10,14H,8-9,11-12H2,1H3. The van der Waals surface area contributed by atoms with E-state index in [4.69, 9.17) is 32.7 Å². The van der Waals surface area contributed by atoms with E-state index < -0.39 is 0 Å². The number of benzene rings is 2. The Morgan fingerprint density at radius 1 is 1.20 bits per heavy atom. The van der Waals surface area contributed by atoms with Crippen LogP contribution in [0.5, 0.6) is 11.5 Å². The molecule has 2 aromatic rings. The Hall–Kier alpha value is -1.91. The molecule has 1 atom stereocenters. The Kier molecular flexibility index (Phi) is 5.71. The van der Waals surface area contributed by atoms with E-state index in [1.807, 2.05) is 17.0 Å². The predicted molar refractivity (Wildman–Crippen MR) is 98.9 cm³/mol. The lowest BCUT2D eigenvalue weighted by Gasteiger charge is -2.17. The summed E-state index contributed by atoms with van der Waals surface area (Å²) in [6.45, 7) is 1.37. The predicted octanol–water partition coefficient (Wildman–Crippen LogP) is 4.40. The van der Waals surface area contributed by atoms with Gasteiger partial charge in [-0.05, 0) is 36.2 Å². The van der Waals surface area contributed by atoms with Crippen LogP contribution in [-0.2, 0) is 4.79 Å². The highest BCUT2D eigenvalue weighted by atomic mass is 35.5. The van der Waals surface area contributed by atoms with E-state index >= 15 is 0 Å². The smallest absolute Gasteiger partial charge is 0.260 e. The van der Waals surface area contributed by atoms with E-state index in [9.17, 15) is 4.79 Å². The first-order valence-corrected chi connectivity index (χ1v) is 8.82. The maximum Gasteiger partial charge on any atom is 0.260 e. The molecule has 6 heteroatoms. The molecule has 1 aliphatic heterocycles. The highest BCUT2D eigenvalue weighted by molar-refractivity contribution is 6.34. The zero-order valence-corrected chi connectivity index (χ0v) is 15.4. The summed E-state index contributed by atoms with van der Waals surface area (Å²) in [6, 6.07) is 13.0. The number of amides is 1. The Balaban J connectivity index is 1.56. The molecule has 132 valence electrons. The number of nitrogens with zero attached hydrogens (tertiary/aromatic N) is 1. The van der Waals surface area contributed by atoms with E-state index in [-0.39, 0.29) is 12.5 Å². The number of likely N-dealkylation sites (tertiary alicyclic amines) is 1. The van der Waals surface area contributed by atoms with Crippen LogP contribution in [0.3, 0.4) is 0 Å². The van der Waals surface area contributed by atoms with Crippen molar-refractivity contribution in [2.45, 2.75) is 12.3 Å². The summed E-state index contributed by atoms with van der Waals surface area (Å²) in [4.78, 5) is 14.2. The molecule has 1 unspecified atom stereocenters. The normalized spacial score (nSPS) is 16.8. The SMILES string of the molecule is COc1ccc(C2CCN(C(=O)COc3cc(Cl)ccc3Cl)C2)cc1. The minimum absolute atomic E-state index is 0.0462. The van der Waals surface area contributed by atoms with Crippen molar-refractivity contribution >= 4 is 29.1 Å². The molecule has 0 bridgehead atoms. The Labute approximate surface area is 157 Å². The summed E-state index contributed by atoms with van der Waals surface area (Å²) < 4.78 is 10.7. The molecule has 1 saturated heterocycles. The van der Waals surface area contributed by atoms with Crippen LogP contribution in [0, 0.1) is 0 Å². The lowest BCUT2D eigenvalue weighted by atomic mass is 9.98. The second kappa shape index (κ2) is 7.98. The van der Waals surface area contributed by atoms with Crippen molar-refractivity contribution in [3.63, 3.8) is 0 Å². The zero-order chi connectivity index (χ0) is 17.8. The van der Waals surface area contributed by atoms with Gasteiger partial charge in [-0.2, -0.15) is 0 Å². The largest absolute Gasteiger partial charge is 0.497 e. The molecular weight excluding hydrogens is 361 g/mol. The van der Waals surface area contributed by atoms with Crippen LogP contribution >= 0.6 is 23.2 Å². The lowest BCUT2D eigenvalue weighted by molar-refractivity contribution is -0.132. The molecule has 0 spiro atoms. The monoisotopic (exact) mass is 379 g/mol. The van der Waals surface area contributed by atoms with Gasteiger partial charge >= 0.3 is 0 Å². The van der Waals surface area contributed by atoms with Crippen molar-refractivity contribution in [3.05, 3.63) is 58.1 Å². The Bertz CT molecular complexity index is 749. The van der Waals surface area contributed by atoms with Crippen molar-refractivity contribution in [3.8, 4) is 11.5 Å². The van der Waals surface area contributed by atoms with Crippen LogP contribution < -0.4 is 9.47 Å². The van der Waals surface area contributed by atoms with Gasteiger partial charge < -0.3 is 14.4 Å². The number of carbonyl (C=O) groups is 1. The number of halogens is 2. The maximum absolute atomic E-state index is 12.4. The first-order valence-electron chi connectivity index (χ1n) is 8.06. The first kappa shape index (κ1) is 17.9. The van der Waals surface area contributed by atoms with E-state index in [1.54, 1.807) is 25.3 Å². The van der Waals surface area contributed by atoms with Crippen molar-refractivity contribution in [2.75, 3.05) is 26.8 Å². The van der Waals surface area contributed by atoms with Crippen LogP contribution in [0.1, 0.15) is 17.9 Å². The van der Waals surface area contributed by atoms with Crippen LogP contribution in [0.4, 0.5) is 0 Å². The Morgan fingerprint density at radius 2 is 1.96 bits per heavy atom. The number of methoxy groups -OCH3 is 1. The van der Waals surface area contributed by atoms with Gasteiger partial charge in [-0.3, -0.25) is 4.79 Å². The number of hydrogen-bond acceptors (Lipinski definition) is 3. The molecule has 3 rings (SSSR count). The van der Waals surface area contributed by atoms with Crippen molar-refractivity contribution < 1.29 is 14.3 Å². The van der Waals surface area contributed by atoms with Gasteiger partial charge in [-0.25, -0.2) is 0 Å². The molecule has 1 amide bonds. The van der Waals surface area contributed by atoms with Gasteiger partial charge in [0.05, 0.1) is 12.1 Å². The zero-order valence-electron chi connectivity index (χ0n) is 13.9. The van der Waals surface area contributed by atoms with Crippen LogP contribution in [0.15, 0.2) is 42.5 Å². The molecule has 1 heterocycles. The van der Waals surface area contributed by atoms with Crippen molar-refractivity contribution in [1.82, 2.24) is 4.90 Å². The maximum atomic E-state index is 12.4. The average molecular weight is 380 g/mol. The van der Waals surface area contributed by atoms with E-state index in [0.717, 1.165) is 18.7 Å². The minimum atomic E-state index is -0.0490. The van der Waals surface area contributed by atoms with Gasteiger partial charge in [-0.1, -0.05) is 35.3 Å². The molecule has 0 N–H and O–H groups in total. The summed E-state index contributed by atoms with van der Waals surface area (Å²) in [5.41, 5.74) is 1.22. The molecule has 25 heavy (non-hydrogen) atoms. The molecule has 0 saturated carbocycles. The number of carbonyl (C=O) groups excluding carboxylic acids is 1. The third kappa shape index (κ3) is 4.39. The van der Waals surface area contributed by atoms with Crippen LogP contribution in [0.2, 0.25) is 10.0 Å². The van der Waals surface area contributed by atoms with Gasteiger partial charge in [-0.15, -0.1) is 0 Å². The van der Waals surface area contributed by atoms with Crippen molar-refractivity contribution in [2.24, 2.45) is 0 Å². The number of ether oxygens (including phenoxy) is 2. The molecule has 0 radical (unpaired) electrons. The summed E-state index contributed by atoms with van der Waals surface area (Å²) in [5.74, 6) is 1.55. The van der Waals surface area contributed by atoms with Crippen LogP contribution in [-0.4, -0.2) is 37.6 Å². The van der Waals surface area contributed by atoms with E-state index in [0.29, 0.717) is 28.3 Å².